The third kappa shape index (κ3) is 4.99. The highest BCUT2D eigenvalue weighted by Crippen LogP contribution is 2.34. The van der Waals surface area contributed by atoms with Crippen LogP contribution in [0.15, 0.2) is 46.6 Å². The zero-order valence-corrected chi connectivity index (χ0v) is 17.3. The summed E-state index contributed by atoms with van der Waals surface area (Å²) in [4.78, 5) is 24.9. The molecule has 148 valence electrons. The molecule has 2 aromatic carbocycles. The molecule has 0 bridgehead atoms. The molecule has 1 unspecified atom stereocenters. The van der Waals surface area contributed by atoms with Crippen LogP contribution in [0.25, 0.3) is 0 Å². The third-order valence-electron chi connectivity index (χ3n) is 3.86. The molecule has 0 aliphatic heterocycles. The summed E-state index contributed by atoms with van der Waals surface area (Å²) in [5.74, 6) is -0.496. The van der Waals surface area contributed by atoms with Crippen molar-refractivity contribution in [3.05, 3.63) is 47.0 Å². The van der Waals surface area contributed by atoms with Crippen molar-refractivity contribution in [2.24, 2.45) is 10.2 Å². The number of carbonyl (C=O) groups excluding carboxylic acids is 2. The fourth-order valence-electron chi connectivity index (χ4n) is 2.29. The van der Waals surface area contributed by atoms with Crippen LogP contribution in [0, 0.1) is 6.92 Å². The maximum atomic E-state index is 12.8. The van der Waals surface area contributed by atoms with Crippen molar-refractivity contribution in [1.82, 2.24) is 0 Å². The van der Waals surface area contributed by atoms with Crippen molar-refractivity contribution >= 4 is 46.4 Å². The van der Waals surface area contributed by atoms with Crippen LogP contribution in [0.4, 0.5) is 11.4 Å². The van der Waals surface area contributed by atoms with E-state index in [4.69, 9.17) is 32.9 Å². The third-order valence-corrected chi connectivity index (χ3v) is 4.45. The van der Waals surface area contributed by atoms with Crippen molar-refractivity contribution < 1.29 is 19.1 Å². The van der Waals surface area contributed by atoms with E-state index in [1.54, 1.807) is 30.3 Å². The molecule has 7 nitrogen and oxygen atoms in total. The number of benzene rings is 2. The number of carbonyl (C=O) groups is 2. The summed E-state index contributed by atoms with van der Waals surface area (Å²) < 4.78 is 11.2. The Morgan fingerprint density at radius 3 is 2.43 bits per heavy atom. The molecule has 2 rings (SSSR count). The number of amides is 1. The molecule has 28 heavy (non-hydrogen) atoms. The number of azo groups is 1. The predicted octanol–water partition coefficient (Wildman–Crippen LogP) is 4.89. The molecule has 1 amide bonds. The SMILES string of the molecule is COc1ccc(OC)c(N(Cl)C(=O)C(N=Nc2cc(Cl)ccc2C)C(C)=O)c1. The largest absolute Gasteiger partial charge is 0.497 e. The Labute approximate surface area is 173 Å². The molecule has 1 atom stereocenters. The van der Waals surface area contributed by atoms with Gasteiger partial charge in [-0.15, -0.1) is 0 Å². The number of anilines is 1. The molecule has 0 spiro atoms. The van der Waals surface area contributed by atoms with E-state index < -0.39 is 17.7 Å². The van der Waals surface area contributed by atoms with Crippen molar-refractivity contribution in [2.45, 2.75) is 19.9 Å². The van der Waals surface area contributed by atoms with Crippen molar-refractivity contribution in [2.75, 3.05) is 18.6 Å². The van der Waals surface area contributed by atoms with Gasteiger partial charge in [0.25, 0.3) is 5.91 Å². The van der Waals surface area contributed by atoms with Crippen LogP contribution in [0.2, 0.25) is 5.02 Å². The van der Waals surface area contributed by atoms with Gasteiger partial charge >= 0.3 is 0 Å². The number of ketones is 1. The van der Waals surface area contributed by atoms with Gasteiger partial charge in [-0.1, -0.05) is 17.7 Å². The number of aryl methyl sites for hydroxylation is 1. The maximum Gasteiger partial charge on any atom is 0.276 e. The van der Waals surface area contributed by atoms with Crippen molar-refractivity contribution in [3.8, 4) is 11.5 Å². The molecule has 0 radical (unpaired) electrons. The van der Waals surface area contributed by atoms with Gasteiger partial charge in [-0.25, -0.2) is 4.42 Å². The summed E-state index contributed by atoms with van der Waals surface area (Å²) in [5.41, 5.74) is 1.46. The second kappa shape index (κ2) is 9.52. The molecule has 0 saturated heterocycles. The van der Waals surface area contributed by atoms with Gasteiger partial charge in [-0.05, 0) is 43.7 Å². The van der Waals surface area contributed by atoms with Crippen LogP contribution in [-0.2, 0) is 9.59 Å². The van der Waals surface area contributed by atoms with E-state index in [1.165, 1.54) is 27.2 Å². The molecule has 2 aromatic rings. The molecule has 0 heterocycles. The van der Waals surface area contributed by atoms with Crippen molar-refractivity contribution in [1.29, 1.82) is 0 Å². The number of Topliss-reactive ketones (excluding diaryl/α,β-unsaturated/α-hetero) is 1. The molecular formula is C19H19Cl2N3O4. The van der Waals surface area contributed by atoms with Gasteiger partial charge in [0.05, 0.1) is 19.9 Å². The maximum absolute atomic E-state index is 12.8. The molecule has 0 N–H and O–H groups in total. The number of hydrogen-bond acceptors (Lipinski definition) is 6. The lowest BCUT2D eigenvalue weighted by molar-refractivity contribution is -0.126. The molecule has 0 aromatic heterocycles. The summed E-state index contributed by atoms with van der Waals surface area (Å²) >= 11 is 12.2. The summed E-state index contributed by atoms with van der Waals surface area (Å²) in [6.45, 7) is 3.05. The Morgan fingerprint density at radius 2 is 1.82 bits per heavy atom. The smallest absolute Gasteiger partial charge is 0.276 e. The predicted molar refractivity (Wildman–Crippen MR) is 108 cm³/mol. The summed E-state index contributed by atoms with van der Waals surface area (Å²) in [5, 5.41) is 8.39. The normalized spacial score (nSPS) is 11.9. The van der Waals surface area contributed by atoms with Crippen LogP contribution in [-0.4, -0.2) is 32.0 Å². The monoisotopic (exact) mass is 423 g/mol. The topological polar surface area (TPSA) is 80.6 Å². The molecule has 9 heteroatoms. The first-order valence-corrected chi connectivity index (χ1v) is 8.89. The first-order chi connectivity index (χ1) is 13.3. The van der Waals surface area contributed by atoms with Crippen molar-refractivity contribution in [3.63, 3.8) is 0 Å². The van der Waals surface area contributed by atoms with E-state index in [1.807, 2.05) is 6.92 Å². The van der Waals surface area contributed by atoms with E-state index in [-0.39, 0.29) is 5.69 Å². The number of halogens is 2. The highest BCUT2D eigenvalue weighted by molar-refractivity contribution is 6.39. The van der Waals surface area contributed by atoms with Gasteiger partial charge in [-0.3, -0.25) is 9.59 Å². The second-order valence-electron chi connectivity index (χ2n) is 5.82. The fraction of sp³-hybridized carbons (Fsp3) is 0.263. The number of hydrogen-bond donors (Lipinski definition) is 0. The summed E-state index contributed by atoms with van der Waals surface area (Å²) in [7, 11) is 2.91. The van der Waals surface area contributed by atoms with Gasteiger partial charge in [0.2, 0.25) is 6.04 Å². The molecule has 0 saturated carbocycles. The van der Waals surface area contributed by atoms with Gasteiger partial charge in [-0.2, -0.15) is 10.2 Å². The van der Waals surface area contributed by atoms with Crippen LogP contribution < -0.4 is 13.9 Å². The minimum Gasteiger partial charge on any atom is -0.497 e. The average Bonchev–Trinajstić information content (AvgIpc) is 2.69. The Hall–Kier alpha value is -2.64. The van der Waals surface area contributed by atoms with Crippen LogP contribution in [0.5, 0.6) is 11.5 Å². The van der Waals surface area contributed by atoms with Gasteiger partial charge in [0.15, 0.2) is 5.78 Å². The van der Waals surface area contributed by atoms with Crippen LogP contribution in [0.3, 0.4) is 0 Å². The van der Waals surface area contributed by atoms with E-state index >= 15 is 0 Å². The number of methoxy groups -OCH3 is 2. The molecule has 0 aliphatic carbocycles. The minimum atomic E-state index is -1.42. The quantitative estimate of drug-likeness (QED) is 0.360. The highest BCUT2D eigenvalue weighted by atomic mass is 35.5. The lowest BCUT2D eigenvalue weighted by atomic mass is 10.2. The Morgan fingerprint density at radius 1 is 1.11 bits per heavy atom. The Balaban J connectivity index is 2.36. The number of rotatable bonds is 7. The number of ether oxygens (including phenoxy) is 2. The lowest BCUT2D eigenvalue weighted by Gasteiger charge is -2.19. The molecule has 0 aliphatic rings. The Bertz CT molecular complexity index is 918. The lowest BCUT2D eigenvalue weighted by Crippen LogP contribution is -2.36. The first kappa shape index (κ1) is 21.7. The first-order valence-electron chi connectivity index (χ1n) is 8.17. The molecule has 0 fully saturated rings. The minimum absolute atomic E-state index is 0.217. The Kier molecular flexibility index (Phi) is 7.37. The van der Waals surface area contributed by atoms with Crippen LogP contribution >= 0.6 is 23.4 Å². The second-order valence-corrected chi connectivity index (χ2v) is 6.59. The summed E-state index contributed by atoms with van der Waals surface area (Å²) in [6.07, 6.45) is 0. The fourth-order valence-corrected chi connectivity index (χ4v) is 2.68. The van der Waals surface area contributed by atoms with Gasteiger partial charge in [0.1, 0.15) is 17.2 Å². The average molecular weight is 424 g/mol. The highest BCUT2D eigenvalue weighted by Gasteiger charge is 2.30. The van der Waals surface area contributed by atoms with E-state index in [0.717, 1.165) is 9.98 Å². The number of nitrogens with zero attached hydrogens (tertiary/aromatic N) is 3. The van der Waals surface area contributed by atoms with E-state index in [0.29, 0.717) is 22.2 Å². The standard InChI is InChI=1S/C19H19Cl2N3O4/c1-11-5-6-13(20)9-15(11)22-23-18(12(2)25)19(26)24(21)16-10-14(27-3)7-8-17(16)28-4/h5-10,18H,1-4H3. The zero-order valence-electron chi connectivity index (χ0n) is 15.8. The zero-order chi connectivity index (χ0) is 20.8. The van der Waals surface area contributed by atoms with Gasteiger partial charge < -0.3 is 9.47 Å². The van der Waals surface area contributed by atoms with Crippen LogP contribution in [0.1, 0.15) is 12.5 Å². The van der Waals surface area contributed by atoms with E-state index in [9.17, 15) is 9.59 Å². The molecular weight excluding hydrogens is 405 g/mol. The van der Waals surface area contributed by atoms with E-state index in [2.05, 4.69) is 10.2 Å². The summed E-state index contributed by atoms with van der Waals surface area (Å²) in [6, 6.07) is 8.39. The van der Waals surface area contributed by atoms with Gasteiger partial charge in [0, 0.05) is 22.9 Å².